The first kappa shape index (κ1) is 15.7. The largest absolute Gasteiger partial charge is 0.368 e. The van der Waals surface area contributed by atoms with Crippen LogP contribution in [0.2, 0.25) is 0 Å². The van der Waals surface area contributed by atoms with Crippen LogP contribution in [0.4, 0.5) is 5.82 Å². The van der Waals surface area contributed by atoms with Crippen molar-refractivity contribution in [3.05, 3.63) is 54.9 Å². The van der Waals surface area contributed by atoms with E-state index in [4.69, 9.17) is 0 Å². The quantitative estimate of drug-likeness (QED) is 0.633. The van der Waals surface area contributed by atoms with Crippen molar-refractivity contribution in [3.8, 4) is 5.82 Å². The number of nitrogens with zero attached hydrogens (tertiary/aromatic N) is 5. The van der Waals surface area contributed by atoms with Crippen molar-refractivity contribution < 1.29 is 4.79 Å². The highest BCUT2D eigenvalue weighted by Gasteiger charge is 2.05. The lowest BCUT2D eigenvalue weighted by Gasteiger charge is -2.10. The molecule has 8 nitrogen and oxygen atoms in total. The van der Waals surface area contributed by atoms with Gasteiger partial charge in [0.05, 0.1) is 0 Å². The van der Waals surface area contributed by atoms with Crippen LogP contribution in [0.1, 0.15) is 5.82 Å². The summed E-state index contributed by atoms with van der Waals surface area (Å²) in [5, 5.41) is 10.2. The molecular weight excluding hydrogens is 306 g/mol. The van der Waals surface area contributed by atoms with Crippen molar-refractivity contribution in [2.24, 2.45) is 0 Å². The molecule has 0 fully saturated rings. The molecule has 0 aliphatic carbocycles. The van der Waals surface area contributed by atoms with Gasteiger partial charge in [-0.3, -0.25) is 4.79 Å². The van der Waals surface area contributed by atoms with Crippen molar-refractivity contribution in [2.75, 3.05) is 18.4 Å². The maximum absolute atomic E-state index is 11.8. The van der Waals surface area contributed by atoms with E-state index in [2.05, 4.69) is 25.7 Å². The fourth-order valence-corrected chi connectivity index (χ4v) is 2.25. The zero-order chi connectivity index (χ0) is 16.8. The van der Waals surface area contributed by atoms with E-state index in [9.17, 15) is 4.79 Å². The van der Waals surface area contributed by atoms with Crippen molar-refractivity contribution >= 4 is 11.7 Å². The summed E-state index contributed by atoms with van der Waals surface area (Å²) >= 11 is 0. The van der Waals surface area contributed by atoms with Gasteiger partial charge in [-0.15, -0.1) is 0 Å². The lowest BCUT2D eigenvalue weighted by atomic mass is 10.4. The molecule has 0 spiro atoms. The molecule has 1 amide bonds. The van der Waals surface area contributed by atoms with Crippen LogP contribution in [0.25, 0.3) is 5.82 Å². The van der Waals surface area contributed by atoms with Gasteiger partial charge in [0.25, 0.3) is 0 Å². The number of amides is 1. The Morgan fingerprint density at radius 2 is 1.96 bits per heavy atom. The van der Waals surface area contributed by atoms with Crippen LogP contribution in [0, 0.1) is 6.92 Å². The minimum absolute atomic E-state index is 0.0240. The summed E-state index contributed by atoms with van der Waals surface area (Å²) in [5.41, 5.74) is 0. The lowest BCUT2D eigenvalue weighted by molar-refractivity contribution is -0.121. The summed E-state index contributed by atoms with van der Waals surface area (Å²) in [6.07, 6.45) is 7.24. The Hall–Kier alpha value is -3.16. The first-order valence-electron chi connectivity index (χ1n) is 7.68. The molecule has 0 saturated carbocycles. The minimum atomic E-state index is -0.0240. The highest BCUT2D eigenvalue weighted by molar-refractivity contribution is 5.75. The second-order valence-electron chi connectivity index (χ2n) is 5.24. The lowest BCUT2D eigenvalue weighted by Crippen LogP contribution is -2.31. The Labute approximate surface area is 139 Å². The molecule has 0 aliphatic rings. The van der Waals surface area contributed by atoms with Crippen molar-refractivity contribution in [1.82, 2.24) is 29.6 Å². The number of aryl methyl sites for hydroxylation is 1. The van der Waals surface area contributed by atoms with E-state index in [0.717, 1.165) is 0 Å². The van der Waals surface area contributed by atoms with E-state index in [1.165, 1.54) is 0 Å². The second-order valence-corrected chi connectivity index (χ2v) is 5.24. The Balaban J connectivity index is 1.49. The predicted octanol–water partition coefficient (Wildman–Crippen LogP) is 1.00. The fourth-order valence-electron chi connectivity index (χ4n) is 2.25. The topological polar surface area (TPSA) is 89.7 Å². The fraction of sp³-hybridized carbons (Fsp3) is 0.250. The molecule has 0 bridgehead atoms. The number of aromatic nitrogens is 5. The van der Waals surface area contributed by atoms with Gasteiger partial charge in [0.2, 0.25) is 5.91 Å². The Morgan fingerprint density at radius 3 is 2.71 bits per heavy atom. The van der Waals surface area contributed by atoms with Crippen LogP contribution >= 0.6 is 0 Å². The molecule has 3 aromatic rings. The number of carbonyl (C=O) groups is 1. The highest BCUT2D eigenvalue weighted by Crippen LogP contribution is 2.09. The maximum Gasteiger partial charge on any atom is 0.239 e. The molecule has 0 aromatic carbocycles. The average Bonchev–Trinajstić information content (AvgIpc) is 3.24. The molecule has 0 unspecified atom stereocenters. The molecule has 3 heterocycles. The first-order valence-corrected chi connectivity index (χ1v) is 7.68. The van der Waals surface area contributed by atoms with E-state index in [-0.39, 0.29) is 5.91 Å². The van der Waals surface area contributed by atoms with Crippen molar-refractivity contribution in [3.63, 3.8) is 0 Å². The van der Waals surface area contributed by atoms with E-state index in [1.54, 1.807) is 10.9 Å². The molecule has 0 aliphatic heterocycles. The first-order chi connectivity index (χ1) is 11.7. The monoisotopic (exact) mass is 325 g/mol. The number of anilines is 1. The second kappa shape index (κ2) is 7.40. The number of nitrogens with one attached hydrogen (secondary N) is 2. The van der Waals surface area contributed by atoms with Gasteiger partial charge in [0.1, 0.15) is 18.2 Å². The normalized spacial score (nSPS) is 10.5. The van der Waals surface area contributed by atoms with Crippen LogP contribution in [0.3, 0.4) is 0 Å². The minimum Gasteiger partial charge on any atom is -0.368 e. The van der Waals surface area contributed by atoms with Gasteiger partial charge in [-0.2, -0.15) is 5.10 Å². The van der Waals surface area contributed by atoms with Crippen molar-refractivity contribution in [1.29, 1.82) is 0 Å². The third-order valence-corrected chi connectivity index (χ3v) is 3.31. The predicted molar refractivity (Wildman–Crippen MR) is 89.8 cm³/mol. The molecule has 0 radical (unpaired) electrons. The third-order valence-electron chi connectivity index (χ3n) is 3.31. The van der Waals surface area contributed by atoms with Crippen molar-refractivity contribution in [2.45, 2.75) is 13.5 Å². The van der Waals surface area contributed by atoms with Gasteiger partial charge in [-0.05, 0) is 25.1 Å². The highest BCUT2D eigenvalue weighted by atomic mass is 16.1. The third kappa shape index (κ3) is 4.19. The van der Waals surface area contributed by atoms with Crippen LogP contribution in [0.5, 0.6) is 0 Å². The average molecular weight is 325 g/mol. The van der Waals surface area contributed by atoms with E-state index in [0.29, 0.717) is 37.1 Å². The van der Waals surface area contributed by atoms with Gasteiger partial charge in [-0.1, -0.05) is 0 Å². The molecule has 3 rings (SSSR count). The molecule has 124 valence electrons. The molecule has 0 atom stereocenters. The Kier molecular flexibility index (Phi) is 4.85. The number of carbonyl (C=O) groups excluding carboxylic acids is 1. The zero-order valence-corrected chi connectivity index (χ0v) is 13.4. The molecule has 2 N–H and O–H groups in total. The number of hydrogen-bond acceptors (Lipinski definition) is 5. The summed E-state index contributed by atoms with van der Waals surface area (Å²) in [5.74, 6) is 2.03. The Bertz CT molecular complexity index is 781. The summed E-state index contributed by atoms with van der Waals surface area (Å²) < 4.78 is 3.51. The van der Waals surface area contributed by atoms with Gasteiger partial charge in [0, 0.05) is 43.9 Å². The van der Waals surface area contributed by atoms with E-state index < -0.39 is 0 Å². The maximum atomic E-state index is 11.8. The van der Waals surface area contributed by atoms with Gasteiger partial charge in [-0.25, -0.2) is 14.6 Å². The Morgan fingerprint density at radius 1 is 1.12 bits per heavy atom. The molecule has 3 aromatic heterocycles. The van der Waals surface area contributed by atoms with Crippen LogP contribution < -0.4 is 10.6 Å². The molecule has 0 saturated heterocycles. The number of hydrogen-bond donors (Lipinski definition) is 2. The SMILES string of the molecule is Cc1nc(NCCNC(=O)Cn2cccc2)cc(-n2cccn2)n1. The standard InChI is InChI=1S/C16H19N7O/c1-13-20-14(11-15(21-13)23-10-4-5-19-23)17-6-7-18-16(24)12-22-8-2-3-9-22/h2-5,8-11H,6-7,12H2,1H3,(H,18,24)(H,17,20,21). The number of rotatable bonds is 7. The summed E-state index contributed by atoms with van der Waals surface area (Å²) in [4.78, 5) is 20.5. The van der Waals surface area contributed by atoms with Crippen LogP contribution in [-0.4, -0.2) is 43.3 Å². The summed E-state index contributed by atoms with van der Waals surface area (Å²) in [6.45, 7) is 3.24. The molecular formula is C16H19N7O. The van der Waals surface area contributed by atoms with Crippen LogP contribution in [0.15, 0.2) is 49.1 Å². The van der Waals surface area contributed by atoms with Gasteiger partial charge < -0.3 is 15.2 Å². The van der Waals surface area contributed by atoms with E-state index in [1.807, 2.05) is 54.3 Å². The summed E-state index contributed by atoms with van der Waals surface area (Å²) in [6, 6.07) is 7.44. The van der Waals surface area contributed by atoms with E-state index >= 15 is 0 Å². The molecule has 24 heavy (non-hydrogen) atoms. The smallest absolute Gasteiger partial charge is 0.239 e. The molecule has 8 heteroatoms. The zero-order valence-electron chi connectivity index (χ0n) is 13.4. The van der Waals surface area contributed by atoms with Gasteiger partial charge in [0.15, 0.2) is 5.82 Å². The van der Waals surface area contributed by atoms with Crippen LogP contribution in [-0.2, 0) is 11.3 Å². The van der Waals surface area contributed by atoms with Gasteiger partial charge >= 0.3 is 0 Å². The summed E-state index contributed by atoms with van der Waals surface area (Å²) in [7, 11) is 0.